The van der Waals surface area contributed by atoms with Crippen LogP contribution >= 0.6 is 15.9 Å². The molecule has 1 aromatic carbocycles. The highest BCUT2D eigenvalue weighted by molar-refractivity contribution is 9.10. The quantitative estimate of drug-likeness (QED) is 0.924. The number of pyridine rings is 1. The predicted octanol–water partition coefficient (Wildman–Crippen LogP) is 3.44. The van der Waals surface area contributed by atoms with Gasteiger partial charge in [-0.05, 0) is 43.7 Å². The third-order valence-electron chi connectivity index (χ3n) is 2.80. The SMILES string of the molecule is CC(C)n1c(-c2ccc(Br)cc2)ccc(N)c1=O. The van der Waals surface area contributed by atoms with Crippen LogP contribution in [0, 0.1) is 0 Å². The smallest absolute Gasteiger partial charge is 0.274 e. The molecule has 0 aliphatic heterocycles. The van der Waals surface area contributed by atoms with Gasteiger partial charge < -0.3 is 10.3 Å². The number of nitrogen functional groups attached to an aromatic ring is 1. The first-order valence-electron chi connectivity index (χ1n) is 5.77. The predicted molar refractivity (Wildman–Crippen MR) is 78.6 cm³/mol. The van der Waals surface area contributed by atoms with Crippen molar-refractivity contribution in [3.8, 4) is 11.3 Å². The number of nitrogens with zero attached hydrogens (tertiary/aromatic N) is 1. The van der Waals surface area contributed by atoms with Crippen LogP contribution in [0.15, 0.2) is 45.7 Å². The Balaban J connectivity index is 2.68. The van der Waals surface area contributed by atoms with E-state index in [4.69, 9.17) is 5.73 Å². The molecule has 4 heteroatoms. The van der Waals surface area contributed by atoms with Gasteiger partial charge in [-0.25, -0.2) is 0 Å². The summed E-state index contributed by atoms with van der Waals surface area (Å²) in [5.74, 6) is 0. The largest absolute Gasteiger partial charge is 0.394 e. The fourth-order valence-electron chi connectivity index (χ4n) is 1.94. The molecule has 2 aromatic rings. The fourth-order valence-corrected chi connectivity index (χ4v) is 2.20. The molecule has 2 N–H and O–H groups in total. The Bertz CT molecular complexity index is 615. The summed E-state index contributed by atoms with van der Waals surface area (Å²) < 4.78 is 2.73. The minimum atomic E-state index is -0.134. The van der Waals surface area contributed by atoms with Gasteiger partial charge in [-0.3, -0.25) is 4.79 Å². The van der Waals surface area contributed by atoms with Crippen LogP contribution in [0.2, 0.25) is 0 Å². The van der Waals surface area contributed by atoms with Crippen LogP contribution in [0.1, 0.15) is 19.9 Å². The molecule has 1 heterocycles. The van der Waals surface area contributed by atoms with Crippen LogP contribution in [0.3, 0.4) is 0 Å². The summed E-state index contributed by atoms with van der Waals surface area (Å²) in [4.78, 5) is 12.1. The summed E-state index contributed by atoms with van der Waals surface area (Å²) in [5, 5.41) is 0. The molecule has 3 nitrogen and oxygen atoms in total. The second kappa shape index (κ2) is 4.98. The molecule has 0 aliphatic carbocycles. The van der Waals surface area contributed by atoms with Crippen molar-refractivity contribution in [2.75, 3.05) is 5.73 Å². The van der Waals surface area contributed by atoms with E-state index in [-0.39, 0.29) is 17.3 Å². The zero-order valence-electron chi connectivity index (χ0n) is 10.4. The lowest BCUT2D eigenvalue weighted by Crippen LogP contribution is -2.25. The maximum absolute atomic E-state index is 12.1. The molecule has 0 spiro atoms. The third kappa shape index (κ3) is 2.34. The first kappa shape index (κ1) is 12.9. The van der Waals surface area contributed by atoms with Crippen molar-refractivity contribution in [1.82, 2.24) is 4.57 Å². The van der Waals surface area contributed by atoms with Gasteiger partial charge >= 0.3 is 0 Å². The zero-order valence-corrected chi connectivity index (χ0v) is 11.9. The van der Waals surface area contributed by atoms with Crippen LogP contribution in [0.5, 0.6) is 0 Å². The molecule has 0 saturated carbocycles. The number of rotatable bonds is 2. The maximum atomic E-state index is 12.1. The van der Waals surface area contributed by atoms with Crippen molar-refractivity contribution in [3.63, 3.8) is 0 Å². The van der Waals surface area contributed by atoms with Crippen LogP contribution in [-0.2, 0) is 0 Å². The number of benzene rings is 1. The van der Waals surface area contributed by atoms with Gasteiger partial charge in [-0.1, -0.05) is 28.1 Å². The van der Waals surface area contributed by atoms with Gasteiger partial charge in [0, 0.05) is 10.5 Å². The normalized spacial score (nSPS) is 10.9. The molecule has 0 saturated heterocycles. The summed E-state index contributed by atoms with van der Waals surface area (Å²) >= 11 is 3.40. The van der Waals surface area contributed by atoms with E-state index >= 15 is 0 Å². The summed E-state index contributed by atoms with van der Waals surface area (Å²) in [7, 11) is 0. The number of aromatic nitrogens is 1. The summed E-state index contributed by atoms with van der Waals surface area (Å²) in [5.41, 5.74) is 7.73. The second-order valence-electron chi connectivity index (χ2n) is 4.45. The van der Waals surface area contributed by atoms with E-state index in [0.29, 0.717) is 0 Å². The van der Waals surface area contributed by atoms with E-state index in [0.717, 1.165) is 15.7 Å². The summed E-state index contributed by atoms with van der Waals surface area (Å²) in [6.45, 7) is 3.95. The molecule has 94 valence electrons. The lowest BCUT2D eigenvalue weighted by atomic mass is 10.1. The minimum Gasteiger partial charge on any atom is -0.394 e. The number of nitrogens with two attached hydrogens (primary N) is 1. The van der Waals surface area contributed by atoms with Crippen LogP contribution in [0.4, 0.5) is 5.69 Å². The van der Waals surface area contributed by atoms with Crippen molar-refractivity contribution in [2.45, 2.75) is 19.9 Å². The maximum Gasteiger partial charge on any atom is 0.274 e. The van der Waals surface area contributed by atoms with E-state index < -0.39 is 0 Å². The number of anilines is 1. The summed E-state index contributed by atoms with van der Waals surface area (Å²) in [6.07, 6.45) is 0. The lowest BCUT2D eigenvalue weighted by molar-refractivity contribution is 0.586. The lowest BCUT2D eigenvalue weighted by Gasteiger charge is -2.17. The number of hydrogen-bond acceptors (Lipinski definition) is 2. The highest BCUT2D eigenvalue weighted by atomic mass is 79.9. The molecular formula is C14H15BrN2O. The first-order valence-corrected chi connectivity index (χ1v) is 6.57. The highest BCUT2D eigenvalue weighted by Gasteiger charge is 2.11. The topological polar surface area (TPSA) is 48.0 Å². The summed E-state index contributed by atoms with van der Waals surface area (Å²) in [6, 6.07) is 11.5. The van der Waals surface area contributed by atoms with Gasteiger partial charge in [-0.2, -0.15) is 0 Å². The Morgan fingerprint density at radius 1 is 1.11 bits per heavy atom. The van der Waals surface area contributed by atoms with E-state index in [1.165, 1.54) is 0 Å². The van der Waals surface area contributed by atoms with Crippen molar-refractivity contribution in [1.29, 1.82) is 0 Å². The number of halogens is 1. The molecule has 18 heavy (non-hydrogen) atoms. The average molecular weight is 307 g/mol. The van der Waals surface area contributed by atoms with E-state index in [2.05, 4.69) is 15.9 Å². The van der Waals surface area contributed by atoms with E-state index in [1.54, 1.807) is 10.6 Å². The average Bonchev–Trinajstić information content (AvgIpc) is 2.33. The Kier molecular flexibility index (Phi) is 3.57. The molecule has 0 aliphatic rings. The molecule has 0 atom stereocenters. The third-order valence-corrected chi connectivity index (χ3v) is 3.33. The molecule has 0 amide bonds. The van der Waals surface area contributed by atoms with Gasteiger partial charge in [0.15, 0.2) is 0 Å². The van der Waals surface area contributed by atoms with Crippen molar-refractivity contribution in [3.05, 3.63) is 51.2 Å². The first-order chi connectivity index (χ1) is 8.50. The highest BCUT2D eigenvalue weighted by Crippen LogP contribution is 2.23. The molecule has 0 fully saturated rings. The Morgan fingerprint density at radius 3 is 2.28 bits per heavy atom. The molecule has 2 rings (SSSR count). The molecule has 0 bridgehead atoms. The van der Waals surface area contributed by atoms with Gasteiger partial charge in [-0.15, -0.1) is 0 Å². The van der Waals surface area contributed by atoms with Gasteiger partial charge in [0.25, 0.3) is 5.56 Å². The molecule has 1 aromatic heterocycles. The van der Waals surface area contributed by atoms with Crippen LogP contribution < -0.4 is 11.3 Å². The second-order valence-corrected chi connectivity index (χ2v) is 5.37. The van der Waals surface area contributed by atoms with Crippen molar-refractivity contribution >= 4 is 21.6 Å². The van der Waals surface area contributed by atoms with E-state index in [9.17, 15) is 4.79 Å². The monoisotopic (exact) mass is 306 g/mol. The van der Waals surface area contributed by atoms with E-state index in [1.807, 2.05) is 44.2 Å². The molecule has 0 radical (unpaired) electrons. The fraction of sp³-hybridized carbons (Fsp3) is 0.214. The van der Waals surface area contributed by atoms with Gasteiger partial charge in [0.2, 0.25) is 0 Å². The Labute approximate surface area is 114 Å². The Hall–Kier alpha value is -1.55. The Morgan fingerprint density at radius 2 is 1.72 bits per heavy atom. The molecular weight excluding hydrogens is 292 g/mol. The van der Waals surface area contributed by atoms with Gasteiger partial charge in [0.1, 0.15) is 0 Å². The zero-order chi connectivity index (χ0) is 13.3. The van der Waals surface area contributed by atoms with Crippen LogP contribution in [0.25, 0.3) is 11.3 Å². The minimum absolute atomic E-state index is 0.0691. The number of hydrogen-bond donors (Lipinski definition) is 1. The van der Waals surface area contributed by atoms with Crippen molar-refractivity contribution in [2.24, 2.45) is 0 Å². The molecule has 0 unspecified atom stereocenters. The van der Waals surface area contributed by atoms with Crippen LogP contribution in [-0.4, -0.2) is 4.57 Å². The standard InChI is InChI=1S/C14H15BrN2O/c1-9(2)17-13(8-7-12(16)14(17)18)10-3-5-11(15)6-4-10/h3-9H,16H2,1-2H3. The van der Waals surface area contributed by atoms with Crippen molar-refractivity contribution < 1.29 is 0 Å². The van der Waals surface area contributed by atoms with Gasteiger partial charge in [0.05, 0.1) is 11.4 Å².